The molecule has 1 unspecified atom stereocenters. The topological polar surface area (TPSA) is 75.9 Å². The van der Waals surface area contributed by atoms with Gasteiger partial charge in [0.2, 0.25) is 0 Å². The van der Waals surface area contributed by atoms with Crippen molar-refractivity contribution in [2.75, 3.05) is 38.3 Å². The summed E-state index contributed by atoms with van der Waals surface area (Å²) in [6.45, 7) is 2.20. The van der Waals surface area contributed by atoms with Gasteiger partial charge in [0.1, 0.15) is 5.82 Å². The standard InChI is InChI=1S/C25H24FN3O4/c1-27(24(18-5-3-2-4-6-18)19-7-9-20(26)10-8-19)25(30)22-17-21(29(31)32)11-12-23(22)28-13-15-33-16-14-28/h2-12,17,24H,13-16H2,1H3. The lowest BCUT2D eigenvalue weighted by molar-refractivity contribution is -0.384. The number of carbonyl (C=O) groups is 1. The molecule has 1 aliphatic rings. The molecular formula is C25H24FN3O4. The summed E-state index contributed by atoms with van der Waals surface area (Å²) in [7, 11) is 1.66. The van der Waals surface area contributed by atoms with Crippen LogP contribution in [0.15, 0.2) is 72.8 Å². The zero-order chi connectivity index (χ0) is 23.4. The van der Waals surface area contributed by atoms with Gasteiger partial charge < -0.3 is 14.5 Å². The fraction of sp³-hybridized carbons (Fsp3) is 0.240. The van der Waals surface area contributed by atoms with E-state index in [2.05, 4.69) is 0 Å². The van der Waals surface area contributed by atoms with Crippen molar-refractivity contribution in [3.8, 4) is 0 Å². The molecule has 1 saturated heterocycles. The van der Waals surface area contributed by atoms with Crippen LogP contribution in [0.25, 0.3) is 0 Å². The lowest BCUT2D eigenvalue weighted by Crippen LogP contribution is -2.38. The van der Waals surface area contributed by atoms with E-state index in [0.29, 0.717) is 32.0 Å². The van der Waals surface area contributed by atoms with Gasteiger partial charge in [-0.05, 0) is 29.3 Å². The molecule has 0 bridgehead atoms. The van der Waals surface area contributed by atoms with Gasteiger partial charge in [-0.2, -0.15) is 0 Å². The van der Waals surface area contributed by atoms with E-state index < -0.39 is 11.0 Å². The highest BCUT2D eigenvalue weighted by molar-refractivity contribution is 6.01. The summed E-state index contributed by atoms with van der Waals surface area (Å²) in [5, 5.41) is 11.5. The molecule has 1 fully saturated rings. The van der Waals surface area contributed by atoms with Gasteiger partial charge >= 0.3 is 0 Å². The van der Waals surface area contributed by atoms with Gasteiger partial charge in [-0.3, -0.25) is 14.9 Å². The van der Waals surface area contributed by atoms with Crippen LogP contribution in [0.2, 0.25) is 0 Å². The lowest BCUT2D eigenvalue weighted by Gasteiger charge is -2.33. The third-order valence-electron chi connectivity index (χ3n) is 5.78. The number of nitro groups is 1. The van der Waals surface area contributed by atoms with E-state index in [1.165, 1.54) is 24.3 Å². The normalized spacial score (nSPS) is 14.5. The molecule has 3 aromatic carbocycles. The summed E-state index contributed by atoms with van der Waals surface area (Å²) in [4.78, 5) is 28.3. The predicted octanol–water partition coefficient (Wildman–Crippen LogP) is 4.43. The minimum atomic E-state index is -0.505. The number of nitrogens with zero attached hydrogens (tertiary/aromatic N) is 3. The van der Waals surface area contributed by atoms with Crippen LogP contribution in [0.4, 0.5) is 15.8 Å². The number of non-ortho nitro benzene ring substituents is 1. The molecule has 1 aliphatic heterocycles. The van der Waals surface area contributed by atoms with E-state index in [-0.39, 0.29) is 23.0 Å². The number of ether oxygens (including phenoxy) is 1. The largest absolute Gasteiger partial charge is 0.378 e. The zero-order valence-corrected chi connectivity index (χ0v) is 18.2. The Morgan fingerprint density at radius 2 is 1.67 bits per heavy atom. The highest BCUT2D eigenvalue weighted by atomic mass is 19.1. The van der Waals surface area contributed by atoms with E-state index in [0.717, 1.165) is 11.1 Å². The Labute approximate surface area is 191 Å². The third kappa shape index (κ3) is 4.85. The van der Waals surface area contributed by atoms with Crippen molar-refractivity contribution in [1.82, 2.24) is 4.90 Å². The Bertz CT molecular complexity index is 1130. The van der Waals surface area contributed by atoms with Crippen LogP contribution in [0.5, 0.6) is 0 Å². The molecule has 33 heavy (non-hydrogen) atoms. The molecule has 7 nitrogen and oxygen atoms in total. The molecule has 1 amide bonds. The Hall–Kier alpha value is -3.78. The second-order valence-corrected chi connectivity index (χ2v) is 7.84. The quantitative estimate of drug-likeness (QED) is 0.411. The number of anilines is 1. The van der Waals surface area contributed by atoms with Crippen LogP contribution in [-0.4, -0.2) is 49.1 Å². The maximum absolute atomic E-state index is 13.8. The summed E-state index contributed by atoms with van der Waals surface area (Å²) in [6, 6.07) is 19.3. The average molecular weight is 449 g/mol. The number of halogens is 1. The summed E-state index contributed by atoms with van der Waals surface area (Å²) >= 11 is 0. The fourth-order valence-electron chi connectivity index (χ4n) is 4.12. The number of morpholine rings is 1. The van der Waals surface area contributed by atoms with Crippen LogP contribution >= 0.6 is 0 Å². The highest BCUT2D eigenvalue weighted by Crippen LogP contribution is 2.33. The van der Waals surface area contributed by atoms with Crippen LogP contribution in [0.3, 0.4) is 0 Å². The van der Waals surface area contributed by atoms with Gasteiger partial charge in [-0.15, -0.1) is 0 Å². The van der Waals surface area contributed by atoms with Crippen molar-refractivity contribution in [3.05, 3.63) is 105 Å². The molecule has 4 rings (SSSR count). The molecular weight excluding hydrogens is 425 g/mol. The van der Waals surface area contributed by atoms with Crippen molar-refractivity contribution in [3.63, 3.8) is 0 Å². The number of hydrogen-bond acceptors (Lipinski definition) is 5. The maximum atomic E-state index is 13.8. The van der Waals surface area contributed by atoms with E-state index in [1.807, 2.05) is 35.2 Å². The Morgan fingerprint density at radius 1 is 1.03 bits per heavy atom. The minimum Gasteiger partial charge on any atom is -0.378 e. The number of amides is 1. The van der Waals surface area contributed by atoms with Crippen LogP contribution in [0.1, 0.15) is 27.5 Å². The monoisotopic (exact) mass is 449 g/mol. The van der Waals surface area contributed by atoms with E-state index in [9.17, 15) is 19.3 Å². The molecule has 3 aromatic rings. The first kappa shape index (κ1) is 22.4. The van der Waals surface area contributed by atoms with Crippen LogP contribution < -0.4 is 4.90 Å². The van der Waals surface area contributed by atoms with Gasteiger partial charge in [-0.25, -0.2) is 4.39 Å². The molecule has 0 aliphatic carbocycles. The van der Waals surface area contributed by atoms with Crippen molar-refractivity contribution in [2.24, 2.45) is 0 Å². The molecule has 0 aromatic heterocycles. The first-order valence-electron chi connectivity index (χ1n) is 10.6. The van der Waals surface area contributed by atoms with Crippen LogP contribution in [0, 0.1) is 15.9 Å². The number of carbonyl (C=O) groups excluding carboxylic acids is 1. The van der Waals surface area contributed by atoms with Gasteiger partial charge in [0.15, 0.2) is 0 Å². The van der Waals surface area contributed by atoms with Crippen molar-refractivity contribution in [1.29, 1.82) is 0 Å². The fourth-order valence-corrected chi connectivity index (χ4v) is 4.12. The third-order valence-corrected chi connectivity index (χ3v) is 5.78. The molecule has 0 N–H and O–H groups in total. The number of rotatable bonds is 6. The molecule has 1 heterocycles. The first-order chi connectivity index (χ1) is 16.0. The van der Waals surface area contributed by atoms with Crippen molar-refractivity contribution in [2.45, 2.75) is 6.04 Å². The van der Waals surface area contributed by atoms with Crippen LogP contribution in [-0.2, 0) is 4.74 Å². The lowest BCUT2D eigenvalue weighted by atomic mass is 9.96. The minimum absolute atomic E-state index is 0.151. The van der Waals surface area contributed by atoms with E-state index in [4.69, 9.17) is 4.74 Å². The first-order valence-corrected chi connectivity index (χ1v) is 10.6. The number of benzene rings is 3. The molecule has 8 heteroatoms. The van der Waals surface area contributed by atoms with Crippen molar-refractivity contribution < 1.29 is 18.8 Å². The predicted molar refractivity (Wildman–Crippen MR) is 123 cm³/mol. The maximum Gasteiger partial charge on any atom is 0.270 e. The molecule has 0 spiro atoms. The smallest absolute Gasteiger partial charge is 0.270 e. The van der Waals surface area contributed by atoms with Gasteiger partial charge in [0, 0.05) is 32.3 Å². The number of nitro benzene ring substituents is 1. The highest BCUT2D eigenvalue weighted by Gasteiger charge is 2.29. The second-order valence-electron chi connectivity index (χ2n) is 7.84. The van der Waals surface area contributed by atoms with Gasteiger partial charge in [0.25, 0.3) is 11.6 Å². The van der Waals surface area contributed by atoms with E-state index in [1.54, 1.807) is 30.1 Å². The van der Waals surface area contributed by atoms with E-state index >= 15 is 0 Å². The average Bonchev–Trinajstić information content (AvgIpc) is 2.85. The Balaban J connectivity index is 1.78. The zero-order valence-electron chi connectivity index (χ0n) is 18.2. The summed E-state index contributed by atoms with van der Waals surface area (Å²) < 4.78 is 19.0. The second kappa shape index (κ2) is 9.79. The Kier molecular flexibility index (Phi) is 6.65. The molecule has 0 radical (unpaired) electrons. The SMILES string of the molecule is CN(C(=O)c1cc([N+](=O)[O-])ccc1N1CCOCC1)C(c1ccccc1)c1ccc(F)cc1. The summed E-state index contributed by atoms with van der Waals surface area (Å²) in [5.41, 5.74) is 2.31. The Morgan fingerprint density at radius 3 is 2.30 bits per heavy atom. The van der Waals surface area contributed by atoms with Gasteiger partial charge in [0.05, 0.1) is 35.4 Å². The van der Waals surface area contributed by atoms with Gasteiger partial charge in [-0.1, -0.05) is 42.5 Å². The summed E-state index contributed by atoms with van der Waals surface area (Å²) in [5.74, 6) is -0.730. The number of hydrogen-bond donors (Lipinski definition) is 0. The molecule has 1 atom stereocenters. The summed E-state index contributed by atoms with van der Waals surface area (Å²) in [6.07, 6.45) is 0. The molecule has 170 valence electrons. The molecule has 0 saturated carbocycles. The van der Waals surface area contributed by atoms with Crippen molar-refractivity contribution >= 4 is 17.3 Å².